The van der Waals surface area contributed by atoms with Crippen molar-refractivity contribution in [3.05, 3.63) is 47.1 Å². The van der Waals surface area contributed by atoms with E-state index >= 15 is 0 Å². The van der Waals surface area contributed by atoms with Crippen LogP contribution < -0.4 is 5.73 Å². The van der Waals surface area contributed by atoms with Gasteiger partial charge in [-0.25, -0.2) is 9.78 Å². The van der Waals surface area contributed by atoms with E-state index in [0.29, 0.717) is 27.9 Å². The Balaban J connectivity index is 2.22. The maximum atomic E-state index is 11.8. The third-order valence-corrected chi connectivity index (χ3v) is 3.63. The van der Waals surface area contributed by atoms with Gasteiger partial charge in [-0.3, -0.25) is 0 Å². The number of rotatable bonds is 4. The standard InChI is InChI=1S/C14H13ClN2O2S/c1-2-19-14(18)11-7-13(17-8-12(11)16)20-10-5-3-9(15)4-6-10/h3-8H,2,16H2,1H3. The average molecular weight is 309 g/mol. The maximum absolute atomic E-state index is 11.8. The van der Waals surface area contributed by atoms with Crippen LogP contribution in [-0.2, 0) is 4.74 Å². The van der Waals surface area contributed by atoms with Crippen LogP contribution in [0.3, 0.4) is 0 Å². The second kappa shape index (κ2) is 6.63. The highest BCUT2D eigenvalue weighted by Gasteiger charge is 2.13. The van der Waals surface area contributed by atoms with E-state index in [1.807, 2.05) is 12.1 Å². The lowest BCUT2D eigenvalue weighted by Gasteiger charge is -2.07. The summed E-state index contributed by atoms with van der Waals surface area (Å²) in [5.41, 5.74) is 6.38. The number of anilines is 1. The number of hydrogen-bond donors (Lipinski definition) is 1. The van der Waals surface area contributed by atoms with Gasteiger partial charge in [0.1, 0.15) is 5.03 Å². The maximum Gasteiger partial charge on any atom is 0.340 e. The van der Waals surface area contributed by atoms with E-state index in [9.17, 15) is 4.79 Å². The molecule has 2 rings (SSSR count). The Labute approximate surface area is 126 Å². The number of benzene rings is 1. The minimum Gasteiger partial charge on any atom is -0.462 e. The zero-order valence-corrected chi connectivity index (χ0v) is 12.4. The van der Waals surface area contributed by atoms with Gasteiger partial charge in [0.25, 0.3) is 0 Å². The molecule has 1 heterocycles. The van der Waals surface area contributed by atoms with Gasteiger partial charge in [-0.15, -0.1) is 0 Å². The molecule has 4 nitrogen and oxygen atoms in total. The summed E-state index contributed by atoms with van der Waals surface area (Å²) in [6.45, 7) is 2.05. The Morgan fingerprint density at radius 1 is 1.40 bits per heavy atom. The highest BCUT2D eigenvalue weighted by molar-refractivity contribution is 7.99. The predicted molar refractivity (Wildman–Crippen MR) is 80.2 cm³/mol. The minimum absolute atomic E-state index is 0.306. The first-order valence-electron chi connectivity index (χ1n) is 5.96. The molecule has 0 aliphatic heterocycles. The molecule has 20 heavy (non-hydrogen) atoms. The van der Waals surface area contributed by atoms with Crippen molar-refractivity contribution in [3.8, 4) is 0 Å². The topological polar surface area (TPSA) is 65.2 Å². The molecule has 0 radical (unpaired) electrons. The van der Waals surface area contributed by atoms with E-state index in [-0.39, 0.29) is 0 Å². The molecule has 1 aromatic heterocycles. The van der Waals surface area contributed by atoms with Crippen LogP contribution >= 0.6 is 23.4 Å². The van der Waals surface area contributed by atoms with Crippen LogP contribution in [0.25, 0.3) is 0 Å². The average Bonchev–Trinajstić information content (AvgIpc) is 2.43. The van der Waals surface area contributed by atoms with Crippen molar-refractivity contribution in [2.45, 2.75) is 16.8 Å². The van der Waals surface area contributed by atoms with E-state index in [4.69, 9.17) is 22.1 Å². The van der Waals surface area contributed by atoms with Crippen LogP contribution in [0.4, 0.5) is 5.69 Å². The Kier molecular flexibility index (Phi) is 4.87. The van der Waals surface area contributed by atoms with Crippen molar-refractivity contribution < 1.29 is 9.53 Å². The number of nitrogens with zero attached hydrogens (tertiary/aromatic N) is 1. The van der Waals surface area contributed by atoms with Crippen LogP contribution in [0.2, 0.25) is 5.02 Å². The largest absolute Gasteiger partial charge is 0.462 e. The number of carbonyl (C=O) groups excluding carboxylic acids is 1. The second-order valence-electron chi connectivity index (χ2n) is 3.89. The number of carbonyl (C=O) groups is 1. The fraction of sp³-hybridized carbons (Fsp3) is 0.143. The van der Waals surface area contributed by atoms with E-state index in [1.165, 1.54) is 18.0 Å². The third-order valence-electron chi connectivity index (χ3n) is 2.44. The van der Waals surface area contributed by atoms with Crippen LogP contribution in [0.15, 0.2) is 46.5 Å². The van der Waals surface area contributed by atoms with Gasteiger partial charge in [-0.1, -0.05) is 23.4 Å². The summed E-state index contributed by atoms with van der Waals surface area (Å²) in [4.78, 5) is 16.9. The normalized spacial score (nSPS) is 10.3. The number of pyridine rings is 1. The minimum atomic E-state index is -0.439. The summed E-state index contributed by atoms with van der Waals surface area (Å²) >= 11 is 7.26. The molecule has 2 aromatic rings. The molecule has 0 saturated carbocycles. The first-order chi connectivity index (χ1) is 9.60. The van der Waals surface area contributed by atoms with Crippen LogP contribution in [0.1, 0.15) is 17.3 Å². The van der Waals surface area contributed by atoms with Crippen molar-refractivity contribution >= 4 is 35.0 Å². The quantitative estimate of drug-likeness (QED) is 0.873. The molecule has 0 amide bonds. The Morgan fingerprint density at radius 2 is 2.10 bits per heavy atom. The second-order valence-corrected chi connectivity index (χ2v) is 5.42. The number of esters is 1. The molecule has 0 saturated heterocycles. The molecular formula is C14H13ClN2O2S. The lowest BCUT2D eigenvalue weighted by Crippen LogP contribution is -2.08. The van der Waals surface area contributed by atoms with Crippen LogP contribution in [-0.4, -0.2) is 17.6 Å². The van der Waals surface area contributed by atoms with Crippen LogP contribution in [0, 0.1) is 0 Å². The van der Waals surface area contributed by atoms with Gasteiger partial charge in [0.05, 0.1) is 24.1 Å². The van der Waals surface area contributed by atoms with Crippen molar-refractivity contribution in [1.82, 2.24) is 4.98 Å². The molecule has 0 aliphatic carbocycles. The van der Waals surface area contributed by atoms with Gasteiger partial charge < -0.3 is 10.5 Å². The molecule has 0 fully saturated rings. The van der Waals surface area contributed by atoms with Crippen molar-refractivity contribution in [1.29, 1.82) is 0 Å². The Bertz CT molecular complexity index is 617. The highest BCUT2D eigenvalue weighted by Crippen LogP contribution is 2.29. The SMILES string of the molecule is CCOC(=O)c1cc(Sc2ccc(Cl)cc2)ncc1N. The number of ether oxygens (including phenoxy) is 1. The molecule has 0 unspecified atom stereocenters. The van der Waals surface area contributed by atoms with Gasteiger partial charge in [-0.2, -0.15) is 0 Å². The van der Waals surface area contributed by atoms with E-state index < -0.39 is 5.97 Å². The number of aromatic nitrogens is 1. The van der Waals surface area contributed by atoms with Gasteiger partial charge in [0.15, 0.2) is 0 Å². The molecule has 0 bridgehead atoms. The Hall–Kier alpha value is -1.72. The molecule has 6 heteroatoms. The monoisotopic (exact) mass is 308 g/mol. The summed E-state index contributed by atoms with van der Waals surface area (Å²) < 4.78 is 4.96. The lowest BCUT2D eigenvalue weighted by molar-refractivity contribution is 0.0527. The number of halogens is 1. The lowest BCUT2D eigenvalue weighted by atomic mass is 10.2. The highest BCUT2D eigenvalue weighted by atomic mass is 35.5. The number of nitrogen functional groups attached to an aromatic ring is 1. The summed E-state index contributed by atoms with van der Waals surface area (Å²) in [6.07, 6.45) is 1.46. The molecule has 2 N–H and O–H groups in total. The third kappa shape index (κ3) is 3.65. The van der Waals surface area contributed by atoms with E-state index in [1.54, 1.807) is 25.1 Å². The summed E-state index contributed by atoms with van der Waals surface area (Å²) in [5, 5.41) is 1.34. The molecular weight excluding hydrogens is 296 g/mol. The van der Waals surface area contributed by atoms with E-state index in [2.05, 4.69) is 4.98 Å². The fourth-order valence-corrected chi connectivity index (χ4v) is 2.43. The molecule has 104 valence electrons. The molecule has 0 spiro atoms. The summed E-state index contributed by atoms with van der Waals surface area (Å²) in [6, 6.07) is 9.00. The summed E-state index contributed by atoms with van der Waals surface area (Å²) in [7, 11) is 0. The zero-order chi connectivity index (χ0) is 14.5. The van der Waals surface area contributed by atoms with Crippen molar-refractivity contribution in [2.24, 2.45) is 0 Å². The van der Waals surface area contributed by atoms with E-state index in [0.717, 1.165) is 4.90 Å². The fourth-order valence-electron chi connectivity index (χ4n) is 1.51. The van der Waals surface area contributed by atoms with Gasteiger partial charge >= 0.3 is 5.97 Å². The molecule has 1 aromatic carbocycles. The van der Waals surface area contributed by atoms with Crippen molar-refractivity contribution in [2.75, 3.05) is 12.3 Å². The summed E-state index contributed by atoms with van der Waals surface area (Å²) in [5.74, 6) is -0.439. The number of nitrogens with two attached hydrogens (primary N) is 1. The Morgan fingerprint density at radius 3 is 2.75 bits per heavy atom. The van der Waals surface area contributed by atoms with Gasteiger partial charge in [0, 0.05) is 9.92 Å². The van der Waals surface area contributed by atoms with Crippen molar-refractivity contribution in [3.63, 3.8) is 0 Å². The van der Waals surface area contributed by atoms with Gasteiger partial charge in [0.2, 0.25) is 0 Å². The predicted octanol–water partition coefficient (Wildman–Crippen LogP) is 3.65. The number of hydrogen-bond acceptors (Lipinski definition) is 5. The first-order valence-corrected chi connectivity index (χ1v) is 7.15. The first kappa shape index (κ1) is 14.7. The molecule has 0 atom stereocenters. The van der Waals surface area contributed by atoms with Crippen LogP contribution in [0.5, 0.6) is 0 Å². The smallest absolute Gasteiger partial charge is 0.340 e. The molecule has 0 aliphatic rings. The zero-order valence-electron chi connectivity index (χ0n) is 10.8. The van der Waals surface area contributed by atoms with Gasteiger partial charge in [-0.05, 0) is 37.3 Å².